The van der Waals surface area contributed by atoms with Crippen molar-refractivity contribution in [3.63, 3.8) is 0 Å². The molecule has 1 aromatic heterocycles. The third-order valence-corrected chi connectivity index (χ3v) is 6.40. The monoisotopic (exact) mass is 440 g/mol. The van der Waals surface area contributed by atoms with Gasteiger partial charge in [-0.1, -0.05) is 49.3 Å². The van der Waals surface area contributed by atoms with Crippen molar-refractivity contribution >= 4 is 11.8 Å². The first-order valence-corrected chi connectivity index (χ1v) is 12.0. The number of carbonyl (C=O) groups is 1. The fraction of sp³-hybridized carbons (Fsp3) is 0.600. The van der Waals surface area contributed by atoms with Crippen LogP contribution in [0, 0.1) is 5.92 Å². The topological polar surface area (TPSA) is 62.1 Å². The van der Waals surface area contributed by atoms with Crippen molar-refractivity contribution in [1.82, 2.24) is 15.0 Å². The van der Waals surface area contributed by atoms with Crippen LogP contribution in [0.5, 0.6) is 0 Å². The highest BCUT2D eigenvalue weighted by molar-refractivity contribution is 5.79. The van der Waals surface area contributed by atoms with Gasteiger partial charge in [-0.25, -0.2) is 0 Å². The molecule has 2 fully saturated rings. The fourth-order valence-corrected chi connectivity index (χ4v) is 4.52. The molecule has 7 nitrogen and oxygen atoms in total. The van der Waals surface area contributed by atoms with Crippen LogP contribution in [-0.4, -0.2) is 73.3 Å². The van der Waals surface area contributed by atoms with Crippen LogP contribution in [0.1, 0.15) is 38.7 Å². The summed E-state index contributed by atoms with van der Waals surface area (Å²) in [5, 5.41) is 4.49. The Balaban J connectivity index is 1.61. The van der Waals surface area contributed by atoms with E-state index in [1.54, 1.807) is 0 Å². The Hall–Kier alpha value is -2.38. The lowest BCUT2D eigenvalue weighted by atomic mass is 10.0. The molecule has 0 bridgehead atoms. The van der Waals surface area contributed by atoms with E-state index in [-0.39, 0.29) is 11.8 Å². The second-order valence-corrected chi connectivity index (χ2v) is 9.10. The molecule has 174 valence electrons. The molecule has 2 saturated heterocycles. The summed E-state index contributed by atoms with van der Waals surface area (Å²) >= 11 is 0. The molecule has 0 N–H and O–H groups in total. The standard InChI is InChI=1S/C25H36N4O3/c1-20(2)24(30)29(14-13-27-15-17-31-18-16-27)19-22-23(21-9-5-3-6-10-21)26-32-25(22)28-11-7-4-8-12-28/h3,5-6,9-10,20H,4,7-8,11-19H2,1-2H3. The number of amides is 1. The Morgan fingerprint density at radius 1 is 1.06 bits per heavy atom. The fourth-order valence-electron chi connectivity index (χ4n) is 4.52. The van der Waals surface area contributed by atoms with Crippen molar-refractivity contribution in [2.24, 2.45) is 5.92 Å². The van der Waals surface area contributed by atoms with Crippen LogP contribution in [-0.2, 0) is 16.1 Å². The summed E-state index contributed by atoms with van der Waals surface area (Å²) in [6, 6.07) is 10.2. The van der Waals surface area contributed by atoms with Gasteiger partial charge in [0, 0.05) is 50.7 Å². The summed E-state index contributed by atoms with van der Waals surface area (Å²) in [5.74, 6) is 0.942. The lowest BCUT2D eigenvalue weighted by molar-refractivity contribution is -0.135. The number of hydrogen-bond acceptors (Lipinski definition) is 6. The number of aromatic nitrogens is 1. The first-order chi connectivity index (χ1) is 15.6. The van der Waals surface area contributed by atoms with E-state index in [0.717, 1.165) is 81.5 Å². The molecule has 0 saturated carbocycles. The molecule has 0 radical (unpaired) electrons. The van der Waals surface area contributed by atoms with Gasteiger partial charge in [-0.15, -0.1) is 0 Å². The molecule has 32 heavy (non-hydrogen) atoms. The van der Waals surface area contributed by atoms with E-state index in [9.17, 15) is 4.79 Å². The van der Waals surface area contributed by atoms with Gasteiger partial charge < -0.3 is 19.1 Å². The van der Waals surface area contributed by atoms with Gasteiger partial charge in [0.05, 0.1) is 25.3 Å². The maximum Gasteiger partial charge on any atom is 0.232 e. The second kappa shape index (κ2) is 11.0. The highest BCUT2D eigenvalue weighted by Crippen LogP contribution is 2.34. The van der Waals surface area contributed by atoms with E-state index in [2.05, 4.69) is 27.1 Å². The second-order valence-electron chi connectivity index (χ2n) is 9.10. The van der Waals surface area contributed by atoms with E-state index in [4.69, 9.17) is 9.26 Å². The van der Waals surface area contributed by atoms with Crippen molar-refractivity contribution in [1.29, 1.82) is 0 Å². The van der Waals surface area contributed by atoms with Crippen LogP contribution in [0.2, 0.25) is 0 Å². The molecule has 0 unspecified atom stereocenters. The molecule has 0 aliphatic carbocycles. The molecule has 1 aromatic carbocycles. The molecular weight excluding hydrogens is 404 g/mol. The van der Waals surface area contributed by atoms with Gasteiger partial charge in [-0.2, -0.15) is 0 Å². The molecule has 1 amide bonds. The van der Waals surface area contributed by atoms with Gasteiger partial charge in [-0.05, 0) is 19.3 Å². The van der Waals surface area contributed by atoms with Crippen molar-refractivity contribution in [2.75, 3.05) is 57.4 Å². The van der Waals surface area contributed by atoms with Crippen LogP contribution >= 0.6 is 0 Å². The molecule has 2 aliphatic rings. The van der Waals surface area contributed by atoms with Crippen LogP contribution in [0.4, 0.5) is 5.88 Å². The summed E-state index contributed by atoms with van der Waals surface area (Å²) in [6.07, 6.45) is 3.57. The van der Waals surface area contributed by atoms with Gasteiger partial charge in [0.25, 0.3) is 0 Å². The van der Waals surface area contributed by atoms with E-state index in [1.165, 1.54) is 6.42 Å². The number of carbonyl (C=O) groups excluding carboxylic acids is 1. The smallest absolute Gasteiger partial charge is 0.232 e. The summed E-state index contributed by atoms with van der Waals surface area (Å²) < 4.78 is 11.4. The SMILES string of the molecule is CC(C)C(=O)N(CCN1CCOCC1)Cc1c(-c2ccccc2)noc1N1CCCCC1. The lowest BCUT2D eigenvalue weighted by Gasteiger charge is -2.32. The highest BCUT2D eigenvalue weighted by Gasteiger charge is 2.28. The first kappa shape index (κ1) is 22.8. The van der Waals surface area contributed by atoms with Crippen molar-refractivity contribution in [3.8, 4) is 11.3 Å². The van der Waals surface area contributed by atoms with Crippen LogP contribution in [0.3, 0.4) is 0 Å². The number of ether oxygens (including phenoxy) is 1. The zero-order chi connectivity index (χ0) is 22.3. The number of benzene rings is 1. The Kier molecular flexibility index (Phi) is 7.81. The Morgan fingerprint density at radius 3 is 2.47 bits per heavy atom. The molecule has 4 rings (SSSR count). The number of nitrogens with zero attached hydrogens (tertiary/aromatic N) is 4. The Labute approximate surface area is 191 Å². The Morgan fingerprint density at radius 2 is 1.78 bits per heavy atom. The molecule has 3 heterocycles. The van der Waals surface area contributed by atoms with E-state index < -0.39 is 0 Å². The summed E-state index contributed by atoms with van der Waals surface area (Å²) in [5.41, 5.74) is 2.90. The predicted molar refractivity (Wildman–Crippen MR) is 126 cm³/mol. The van der Waals surface area contributed by atoms with Gasteiger partial charge in [0.15, 0.2) is 0 Å². The third-order valence-electron chi connectivity index (χ3n) is 6.40. The maximum absolute atomic E-state index is 13.2. The minimum atomic E-state index is -0.0573. The zero-order valence-electron chi connectivity index (χ0n) is 19.5. The highest BCUT2D eigenvalue weighted by atomic mass is 16.5. The number of morpholine rings is 1. The molecule has 2 aromatic rings. The van der Waals surface area contributed by atoms with Crippen LogP contribution < -0.4 is 4.90 Å². The maximum atomic E-state index is 13.2. The number of piperidine rings is 1. The number of anilines is 1. The summed E-state index contributed by atoms with van der Waals surface area (Å²) in [6.45, 7) is 11.3. The number of hydrogen-bond donors (Lipinski definition) is 0. The number of rotatable bonds is 8. The minimum Gasteiger partial charge on any atom is -0.379 e. The van der Waals surface area contributed by atoms with Gasteiger partial charge in [0.1, 0.15) is 5.69 Å². The molecule has 2 aliphatic heterocycles. The van der Waals surface area contributed by atoms with Crippen molar-refractivity contribution < 1.29 is 14.1 Å². The molecule has 7 heteroatoms. The molecule has 0 spiro atoms. The lowest BCUT2D eigenvalue weighted by Crippen LogP contribution is -2.44. The van der Waals surface area contributed by atoms with Gasteiger partial charge in [-0.3, -0.25) is 9.69 Å². The predicted octanol–water partition coefficient (Wildman–Crippen LogP) is 3.65. The van der Waals surface area contributed by atoms with Gasteiger partial charge >= 0.3 is 0 Å². The van der Waals surface area contributed by atoms with E-state index in [0.29, 0.717) is 13.1 Å². The van der Waals surface area contributed by atoms with Crippen LogP contribution in [0.15, 0.2) is 34.9 Å². The summed E-state index contributed by atoms with van der Waals surface area (Å²) in [7, 11) is 0. The van der Waals surface area contributed by atoms with Crippen molar-refractivity contribution in [2.45, 2.75) is 39.7 Å². The molecule has 0 atom stereocenters. The van der Waals surface area contributed by atoms with E-state index in [1.807, 2.05) is 36.9 Å². The van der Waals surface area contributed by atoms with E-state index >= 15 is 0 Å². The minimum absolute atomic E-state index is 0.0573. The first-order valence-electron chi connectivity index (χ1n) is 12.0. The third kappa shape index (κ3) is 5.51. The zero-order valence-corrected chi connectivity index (χ0v) is 19.5. The summed E-state index contributed by atoms with van der Waals surface area (Å²) in [4.78, 5) is 19.9. The largest absolute Gasteiger partial charge is 0.379 e. The average molecular weight is 441 g/mol. The quantitative estimate of drug-likeness (QED) is 0.624. The normalized spacial score (nSPS) is 17.7. The average Bonchev–Trinajstić information content (AvgIpc) is 3.26. The Bertz CT molecular complexity index is 855. The molecular formula is C25H36N4O3. The van der Waals surface area contributed by atoms with Crippen molar-refractivity contribution in [3.05, 3.63) is 35.9 Å². The van der Waals surface area contributed by atoms with Crippen LogP contribution in [0.25, 0.3) is 11.3 Å². The van der Waals surface area contributed by atoms with Gasteiger partial charge in [0.2, 0.25) is 11.8 Å².